The maximum atomic E-state index is 13.5. The number of nitrogens with zero attached hydrogens (tertiary/aromatic N) is 1. The molecule has 0 unspecified atom stereocenters. The molecule has 2 aromatic carbocycles. The first-order valence-electron chi connectivity index (χ1n) is 7.51. The molecule has 0 aromatic heterocycles. The lowest BCUT2D eigenvalue weighted by atomic mass is 10.1. The van der Waals surface area contributed by atoms with E-state index in [0.717, 1.165) is 43.5 Å². The minimum absolute atomic E-state index is 0.276. The summed E-state index contributed by atoms with van der Waals surface area (Å²) in [5, 5.41) is 12.8. The van der Waals surface area contributed by atoms with Crippen LogP contribution in [0.4, 0.5) is 20.2 Å². The minimum atomic E-state index is -1.17. The predicted molar refractivity (Wildman–Crippen MR) is 89.7 cm³/mol. The average Bonchev–Trinajstić information content (AvgIpc) is 2.67. The number of benzene rings is 2. The van der Waals surface area contributed by atoms with E-state index in [1.54, 1.807) is 0 Å². The number of methoxy groups -OCH3 is 1. The molecule has 146 valence electrons. The first-order valence-corrected chi connectivity index (χ1v) is 7.51. The van der Waals surface area contributed by atoms with Crippen molar-refractivity contribution in [2.75, 3.05) is 19.0 Å². The van der Waals surface area contributed by atoms with E-state index < -0.39 is 52.4 Å². The molecule has 11 heteroatoms. The Balaban J connectivity index is 2.12. The van der Waals surface area contributed by atoms with Crippen LogP contribution >= 0.6 is 0 Å². The molecular formula is C17H12F2N2O7. The van der Waals surface area contributed by atoms with Gasteiger partial charge in [-0.15, -0.1) is 0 Å². The molecular weight excluding hydrogens is 382 g/mol. The number of non-ortho nitro benzene ring substituents is 1. The van der Waals surface area contributed by atoms with Crippen molar-refractivity contribution in [2.24, 2.45) is 0 Å². The summed E-state index contributed by atoms with van der Waals surface area (Å²) in [4.78, 5) is 45.5. The number of esters is 2. The van der Waals surface area contributed by atoms with E-state index in [1.807, 2.05) is 5.32 Å². The molecule has 0 spiro atoms. The summed E-state index contributed by atoms with van der Waals surface area (Å²) in [6.45, 7) is -0.928. The number of nitrogens with one attached hydrogen (secondary N) is 1. The van der Waals surface area contributed by atoms with Crippen LogP contribution in [0, 0.1) is 21.7 Å². The van der Waals surface area contributed by atoms with Crippen LogP contribution < -0.4 is 5.32 Å². The van der Waals surface area contributed by atoms with Gasteiger partial charge in [0.2, 0.25) is 0 Å². The molecule has 0 radical (unpaired) electrons. The summed E-state index contributed by atoms with van der Waals surface area (Å²) in [7, 11) is 1.05. The zero-order valence-electron chi connectivity index (χ0n) is 14.2. The van der Waals surface area contributed by atoms with Crippen molar-refractivity contribution in [2.45, 2.75) is 0 Å². The normalized spacial score (nSPS) is 10.1. The van der Waals surface area contributed by atoms with Crippen molar-refractivity contribution < 1.29 is 37.6 Å². The highest BCUT2D eigenvalue weighted by Gasteiger charge is 2.20. The third-order valence-corrected chi connectivity index (χ3v) is 3.35. The molecule has 0 saturated carbocycles. The van der Waals surface area contributed by atoms with E-state index in [0.29, 0.717) is 0 Å². The van der Waals surface area contributed by atoms with Crippen molar-refractivity contribution in [3.05, 3.63) is 69.3 Å². The van der Waals surface area contributed by atoms with Gasteiger partial charge in [-0.3, -0.25) is 14.9 Å². The van der Waals surface area contributed by atoms with Crippen LogP contribution in [0.15, 0.2) is 36.4 Å². The molecule has 0 heterocycles. The topological polar surface area (TPSA) is 125 Å². The number of nitro benzene ring substituents is 1. The molecule has 1 N–H and O–H groups in total. The summed E-state index contributed by atoms with van der Waals surface area (Å²) >= 11 is 0. The lowest BCUT2D eigenvalue weighted by Gasteiger charge is -2.09. The van der Waals surface area contributed by atoms with Gasteiger partial charge in [-0.1, -0.05) is 6.07 Å². The SMILES string of the molecule is COC(=O)c1cc(C(=O)OCC(=O)Nc2c(F)cccc2F)cc([N+](=O)[O-])c1. The maximum Gasteiger partial charge on any atom is 0.338 e. The van der Waals surface area contributed by atoms with Crippen LogP contribution in [-0.2, 0) is 14.3 Å². The molecule has 0 fully saturated rings. The van der Waals surface area contributed by atoms with E-state index in [-0.39, 0.29) is 11.1 Å². The number of hydrogen-bond donors (Lipinski definition) is 1. The molecule has 28 heavy (non-hydrogen) atoms. The lowest BCUT2D eigenvalue weighted by Crippen LogP contribution is -2.22. The second-order valence-electron chi connectivity index (χ2n) is 5.24. The van der Waals surface area contributed by atoms with Gasteiger partial charge in [-0.2, -0.15) is 0 Å². The molecule has 1 amide bonds. The Morgan fingerprint density at radius 1 is 1.07 bits per heavy atom. The number of para-hydroxylation sites is 1. The van der Waals surface area contributed by atoms with E-state index >= 15 is 0 Å². The summed E-state index contributed by atoms with van der Waals surface area (Å²) in [5.41, 5.74) is -1.96. The molecule has 2 rings (SSSR count). The summed E-state index contributed by atoms with van der Waals surface area (Å²) in [5.74, 6) is -5.19. The number of halogens is 2. The predicted octanol–water partition coefficient (Wildman–Crippen LogP) is 2.46. The average molecular weight is 394 g/mol. The largest absolute Gasteiger partial charge is 0.465 e. The number of carbonyl (C=O) groups is 3. The Morgan fingerprint density at radius 3 is 2.18 bits per heavy atom. The van der Waals surface area contributed by atoms with Crippen molar-refractivity contribution in [1.29, 1.82) is 0 Å². The van der Waals surface area contributed by atoms with Crippen LogP contribution in [0.25, 0.3) is 0 Å². The first-order chi connectivity index (χ1) is 13.2. The van der Waals surface area contributed by atoms with E-state index in [4.69, 9.17) is 0 Å². The fourth-order valence-electron chi connectivity index (χ4n) is 2.08. The number of ether oxygens (including phenoxy) is 2. The van der Waals surface area contributed by atoms with Gasteiger partial charge in [-0.05, 0) is 18.2 Å². The van der Waals surface area contributed by atoms with E-state index in [1.165, 1.54) is 0 Å². The Kier molecular flexibility index (Phi) is 6.32. The molecule has 2 aromatic rings. The second kappa shape index (κ2) is 8.66. The van der Waals surface area contributed by atoms with E-state index in [2.05, 4.69) is 9.47 Å². The summed E-state index contributed by atoms with van der Waals surface area (Å²) < 4.78 is 36.1. The highest BCUT2D eigenvalue weighted by atomic mass is 19.1. The van der Waals surface area contributed by atoms with E-state index in [9.17, 15) is 33.3 Å². The van der Waals surface area contributed by atoms with Gasteiger partial charge < -0.3 is 14.8 Å². The van der Waals surface area contributed by atoms with Crippen LogP contribution in [0.3, 0.4) is 0 Å². The standard InChI is InChI=1S/C17H12F2N2O7/c1-27-16(23)9-5-10(7-11(6-9)21(25)26)17(24)28-8-14(22)20-15-12(18)3-2-4-13(15)19/h2-7H,8H2,1H3,(H,20,22). The smallest absolute Gasteiger partial charge is 0.338 e. The van der Waals surface area contributed by atoms with Crippen molar-refractivity contribution >= 4 is 29.2 Å². The van der Waals surface area contributed by atoms with Crippen molar-refractivity contribution in [3.8, 4) is 0 Å². The number of carbonyl (C=O) groups excluding carboxylic acids is 3. The Hall–Kier alpha value is -3.89. The molecule has 0 saturated heterocycles. The van der Waals surface area contributed by atoms with Gasteiger partial charge in [0.1, 0.15) is 17.3 Å². The van der Waals surface area contributed by atoms with Crippen LogP contribution in [0.1, 0.15) is 20.7 Å². The number of nitro groups is 1. The highest BCUT2D eigenvalue weighted by molar-refractivity contribution is 5.98. The molecule has 0 aliphatic rings. The summed E-state index contributed by atoms with van der Waals surface area (Å²) in [6, 6.07) is 5.65. The Morgan fingerprint density at radius 2 is 1.64 bits per heavy atom. The third kappa shape index (κ3) is 4.84. The second-order valence-corrected chi connectivity index (χ2v) is 5.24. The monoisotopic (exact) mass is 394 g/mol. The van der Waals surface area contributed by atoms with Crippen LogP contribution in [-0.4, -0.2) is 36.5 Å². The van der Waals surface area contributed by atoms with Gasteiger partial charge in [0.25, 0.3) is 11.6 Å². The van der Waals surface area contributed by atoms with Crippen molar-refractivity contribution in [3.63, 3.8) is 0 Å². The van der Waals surface area contributed by atoms with Gasteiger partial charge in [0, 0.05) is 12.1 Å². The number of amides is 1. The van der Waals surface area contributed by atoms with Gasteiger partial charge in [-0.25, -0.2) is 18.4 Å². The molecule has 0 aliphatic heterocycles. The number of rotatable bonds is 6. The maximum absolute atomic E-state index is 13.5. The van der Waals surface area contributed by atoms with Crippen LogP contribution in [0.2, 0.25) is 0 Å². The highest BCUT2D eigenvalue weighted by Crippen LogP contribution is 2.20. The fraction of sp³-hybridized carbons (Fsp3) is 0.118. The zero-order valence-corrected chi connectivity index (χ0v) is 14.2. The zero-order chi connectivity index (χ0) is 20.8. The molecule has 0 bridgehead atoms. The number of hydrogen-bond acceptors (Lipinski definition) is 7. The number of anilines is 1. The van der Waals surface area contributed by atoms with Gasteiger partial charge >= 0.3 is 11.9 Å². The van der Waals surface area contributed by atoms with Crippen LogP contribution in [0.5, 0.6) is 0 Å². The molecule has 0 aliphatic carbocycles. The molecule has 9 nitrogen and oxygen atoms in total. The minimum Gasteiger partial charge on any atom is -0.465 e. The third-order valence-electron chi connectivity index (χ3n) is 3.35. The quantitative estimate of drug-likeness (QED) is 0.453. The van der Waals surface area contributed by atoms with Crippen molar-refractivity contribution in [1.82, 2.24) is 0 Å². The fourth-order valence-corrected chi connectivity index (χ4v) is 2.08. The van der Waals surface area contributed by atoms with Gasteiger partial charge in [0.15, 0.2) is 6.61 Å². The molecule has 0 atom stereocenters. The van der Waals surface area contributed by atoms with Gasteiger partial charge in [0.05, 0.1) is 23.2 Å². The first kappa shape index (κ1) is 20.4. The Labute approximate surface area is 156 Å². The summed E-state index contributed by atoms with van der Waals surface area (Å²) in [6.07, 6.45) is 0. The Bertz CT molecular complexity index is 942. The lowest BCUT2D eigenvalue weighted by molar-refractivity contribution is -0.384.